The number of nitrogens with zero attached hydrogens (tertiary/aromatic N) is 3. The van der Waals surface area contributed by atoms with Crippen LogP contribution in [0, 0.1) is 18.2 Å². The number of hydrogen-bond donors (Lipinski definition) is 0. The van der Waals surface area contributed by atoms with Crippen LogP contribution in [-0.2, 0) is 27.0 Å². The number of alkyl halides is 3. The number of likely N-dealkylation sites (tertiary alicyclic amines) is 1. The van der Waals surface area contributed by atoms with Crippen LogP contribution >= 0.6 is 0 Å². The highest BCUT2D eigenvalue weighted by atomic mass is 19.4. The fourth-order valence-electron chi connectivity index (χ4n) is 4.60. The second kappa shape index (κ2) is 9.18. The van der Waals surface area contributed by atoms with Crippen LogP contribution in [0.2, 0.25) is 0 Å². The second-order valence-corrected chi connectivity index (χ2v) is 8.55. The highest BCUT2D eigenvalue weighted by Gasteiger charge is 2.57. The molecule has 2 aliphatic heterocycles. The molecule has 1 atom stereocenters. The topological polar surface area (TPSA) is 70.2 Å². The van der Waals surface area contributed by atoms with E-state index in [9.17, 15) is 31.9 Å². The lowest BCUT2D eigenvalue weighted by molar-refractivity contribution is -0.151. The highest BCUT2D eigenvalue weighted by molar-refractivity contribution is 6.09. The lowest BCUT2D eigenvalue weighted by Crippen LogP contribution is -2.69. The second-order valence-electron chi connectivity index (χ2n) is 8.55. The van der Waals surface area contributed by atoms with Crippen molar-refractivity contribution in [1.82, 2.24) is 9.80 Å². The maximum Gasteiger partial charge on any atom is 0.416 e. The summed E-state index contributed by atoms with van der Waals surface area (Å²) in [4.78, 5) is 42.9. The molecule has 1 spiro atoms. The average Bonchev–Trinajstić information content (AvgIpc) is 3.30. The molecule has 0 unspecified atom stereocenters. The van der Waals surface area contributed by atoms with Gasteiger partial charge in [0.1, 0.15) is 17.9 Å². The fraction of sp³-hybridized carbons (Fsp3) is 0.320. The Bertz CT molecular complexity index is 1260. The van der Waals surface area contributed by atoms with Crippen LogP contribution in [0.1, 0.15) is 23.1 Å². The molecule has 3 amide bonds. The molecular formula is C25H21F4N3O4. The summed E-state index contributed by atoms with van der Waals surface area (Å²) in [7, 11) is 1.18. The van der Waals surface area contributed by atoms with Crippen molar-refractivity contribution in [3.8, 4) is 12.3 Å². The predicted octanol–water partition coefficient (Wildman–Crippen LogP) is 3.41. The van der Waals surface area contributed by atoms with E-state index >= 15 is 0 Å². The molecule has 0 aromatic heterocycles. The molecule has 4 rings (SSSR count). The van der Waals surface area contributed by atoms with Gasteiger partial charge in [-0.25, -0.2) is 9.18 Å². The van der Waals surface area contributed by atoms with E-state index in [0.29, 0.717) is 5.56 Å². The van der Waals surface area contributed by atoms with E-state index in [1.54, 1.807) is 0 Å². The molecule has 0 bridgehead atoms. The molecule has 2 fully saturated rings. The standard InChI is InChI=1S/C25H21F4N3O4/c1-3-16-6-9-20(19(26)12-16)31-14-21(33)32(13-17-4-7-18(8-5-17)25(27,28)29)24(22(31)34)10-11-30(15-24)23(35)36-2/h1,4-9,12H,10-11,13-15H2,2H3/t24-/m1/s1. The zero-order valence-electron chi connectivity index (χ0n) is 19.1. The third-order valence-electron chi connectivity index (χ3n) is 6.46. The first-order chi connectivity index (χ1) is 17.0. The minimum atomic E-state index is -4.53. The van der Waals surface area contributed by atoms with Gasteiger partial charge < -0.3 is 14.5 Å². The fourth-order valence-corrected chi connectivity index (χ4v) is 4.60. The van der Waals surface area contributed by atoms with Crippen molar-refractivity contribution in [3.63, 3.8) is 0 Å². The number of carbonyl (C=O) groups is 3. The first-order valence-electron chi connectivity index (χ1n) is 10.9. The summed E-state index contributed by atoms with van der Waals surface area (Å²) in [5.41, 5.74) is -1.95. The van der Waals surface area contributed by atoms with Crippen molar-refractivity contribution in [3.05, 3.63) is 65.0 Å². The normalized spacial score (nSPS) is 20.2. The zero-order valence-corrected chi connectivity index (χ0v) is 19.1. The van der Waals surface area contributed by atoms with E-state index in [4.69, 9.17) is 11.2 Å². The number of benzene rings is 2. The molecular weight excluding hydrogens is 482 g/mol. The Balaban J connectivity index is 1.71. The van der Waals surface area contributed by atoms with E-state index in [0.717, 1.165) is 23.1 Å². The molecule has 2 aromatic rings. The minimum absolute atomic E-state index is 0.0356. The third kappa shape index (κ3) is 4.34. The van der Waals surface area contributed by atoms with Crippen molar-refractivity contribution in [2.45, 2.75) is 24.7 Å². The third-order valence-corrected chi connectivity index (χ3v) is 6.46. The smallest absolute Gasteiger partial charge is 0.416 e. The minimum Gasteiger partial charge on any atom is -0.453 e. The van der Waals surface area contributed by atoms with Gasteiger partial charge in [-0.05, 0) is 42.3 Å². The van der Waals surface area contributed by atoms with Gasteiger partial charge >= 0.3 is 12.3 Å². The van der Waals surface area contributed by atoms with Crippen molar-refractivity contribution >= 4 is 23.6 Å². The largest absolute Gasteiger partial charge is 0.453 e. The Labute approximate surface area is 204 Å². The number of terminal acetylenes is 1. The summed E-state index contributed by atoms with van der Waals surface area (Å²) < 4.78 is 58.5. The van der Waals surface area contributed by atoms with Crippen LogP contribution in [0.4, 0.5) is 28.0 Å². The number of anilines is 1. The Hall–Kier alpha value is -4.07. The summed E-state index contributed by atoms with van der Waals surface area (Å²) in [6.45, 7) is -0.803. The summed E-state index contributed by atoms with van der Waals surface area (Å²) >= 11 is 0. The van der Waals surface area contributed by atoms with Crippen molar-refractivity contribution in [2.24, 2.45) is 0 Å². The highest BCUT2D eigenvalue weighted by Crippen LogP contribution is 2.38. The van der Waals surface area contributed by atoms with Gasteiger partial charge in [0.15, 0.2) is 0 Å². The van der Waals surface area contributed by atoms with Crippen LogP contribution in [0.5, 0.6) is 0 Å². The molecule has 188 valence electrons. The SMILES string of the molecule is C#Cc1ccc(N2CC(=O)N(Cc3ccc(C(F)(F)F)cc3)[C@@]3(CCN(C(=O)OC)C3)C2=O)c(F)c1. The number of halogens is 4. The number of methoxy groups -OCH3 is 1. The Kier molecular flexibility index (Phi) is 6.39. The van der Waals surface area contributed by atoms with Crippen LogP contribution < -0.4 is 4.90 Å². The van der Waals surface area contributed by atoms with Gasteiger partial charge in [0.25, 0.3) is 5.91 Å². The Morgan fingerprint density at radius 3 is 2.44 bits per heavy atom. The number of carbonyl (C=O) groups excluding carboxylic acids is 3. The number of hydrogen-bond acceptors (Lipinski definition) is 4. The molecule has 2 saturated heterocycles. The monoisotopic (exact) mass is 503 g/mol. The van der Waals surface area contributed by atoms with Gasteiger partial charge in [-0.1, -0.05) is 18.1 Å². The lowest BCUT2D eigenvalue weighted by atomic mass is 9.89. The molecule has 0 N–H and O–H groups in total. The summed E-state index contributed by atoms with van der Waals surface area (Å²) in [5, 5.41) is 0. The first kappa shape index (κ1) is 25.0. The summed E-state index contributed by atoms with van der Waals surface area (Å²) in [5.74, 6) is 0.329. The van der Waals surface area contributed by atoms with Crippen LogP contribution in [-0.4, -0.2) is 60.0 Å². The van der Waals surface area contributed by atoms with Gasteiger partial charge in [0.2, 0.25) is 5.91 Å². The van der Waals surface area contributed by atoms with E-state index in [2.05, 4.69) is 5.92 Å². The van der Waals surface area contributed by atoms with Gasteiger partial charge in [-0.15, -0.1) is 6.42 Å². The van der Waals surface area contributed by atoms with Crippen molar-refractivity contribution in [2.75, 3.05) is 31.6 Å². The van der Waals surface area contributed by atoms with Crippen molar-refractivity contribution < 1.29 is 36.7 Å². The van der Waals surface area contributed by atoms with Crippen LogP contribution in [0.25, 0.3) is 0 Å². The van der Waals surface area contributed by atoms with E-state index in [-0.39, 0.29) is 37.3 Å². The Morgan fingerprint density at radius 2 is 1.86 bits per heavy atom. The van der Waals surface area contributed by atoms with Gasteiger partial charge in [0, 0.05) is 18.7 Å². The van der Waals surface area contributed by atoms with E-state index < -0.39 is 47.5 Å². The molecule has 0 radical (unpaired) electrons. The maximum absolute atomic E-state index is 14.8. The molecule has 2 aromatic carbocycles. The quantitative estimate of drug-likeness (QED) is 0.476. The molecule has 11 heteroatoms. The number of ether oxygens (including phenoxy) is 1. The van der Waals surface area contributed by atoms with Gasteiger partial charge in [0.05, 0.1) is 24.9 Å². The lowest BCUT2D eigenvalue weighted by Gasteiger charge is -2.47. The molecule has 2 aliphatic rings. The predicted molar refractivity (Wildman–Crippen MR) is 120 cm³/mol. The first-order valence-corrected chi connectivity index (χ1v) is 10.9. The molecule has 2 heterocycles. The van der Waals surface area contributed by atoms with Gasteiger partial charge in [-0.2, -0.15) is 13.2 Å². The van der Waals surface area contributed by atoms with E-state index in [1.807, 2.05) is 0 Å². The molecule has 0 saturated carbocycles. The molecule has 0 aliphatic carbocycles. The average molecular weight is 503 g/mol. The number of amides is 3. The van der Waals surface area contributed by atoms with Crippen molar-refractivity contribution in [1.29, 1.82) is 0 Å². The maximum atomic E-state index is 14.8. The zero-order chi connectivity index (χ0) is 26.3. The van der Waals surface area contributed by atoms with Gasteiger partial charge in [-0.3, -0.25) is 14.5 Å². The molecule has 7 nitrogen and oxygen atoms in total. The number of piperazine rings is 1. The van der Waals surface area contributed by atoms with Crippen LogP contribution in [0.3, 0.4) is 0 Å². The number of rotatable bonds is 3. The summed E-state index contributed by atoms with van der Waals surface area (Å²) in [6, 6.07) is 8.06. The molecule has 36 heavy (non-hydrogen) atoms. The van der Waals surface area contributed by atoms with E-state index in [1.165, 1.54) is 41.2 Å². The van der Waals surface area contributed by atoms with Crippen LogP contribution in [0.15, 0.2) is 42.5 Å². The Morgan fingerprint density at radius 1 is 1.17 bits per heavy atom. The summed E-state index contributed by atoms with van der Waals surface area (Å²) in [6.07, 6.45) is 0.108.